The minimum Gasteiger partial charge on any atom is -0.448 e. The average molecular weight is 344 g/mol. The van der Waals surface area contributed by atoms with Crippen molar-refractivity contribution >= 4 is 27.5 Å². The summed E-state index contributed by atoms with van der Waals surface area (Å²) in [6.07, 6.45) is 0.106. The van der Waals surface area contributed by atoms with E-state index in [-0.39, 0.29) is 17.6 Å². The van der Waals surface area contributed by atoms with Crippen molar-refractivity contribution < 1.29 is 14.3 Å². The molecule has 2 aromatic heterocycles. The molecule has 3 aromatic rings. The van der Waals surface area contributed by atoms with Crippen LogP contribution in [-0.2, 0) is 0 Å². The number of hydrogen-bond donors (Lipinski definition) is 2. The summed E-state index contributed by atoms with van der Waals surface area (Å²) in [6.45, 7) is 4.31. The molecular weight excluding hydrogens is 324 g/mol. The van der Waals surface area contributed by atoms with E-state index in [2.05, 4.69) is 10.3 Å². The smallest absolute Gasteiger partial charge is 0.287 e. The Kier molecular flexibility index (Phi) is 4.97. The first-order valence-electron chi connectivity index (χ1n) is 7.96. The fourth-order valence-corrected chi connectivity index (χ4v) is 3.23. The number of carbonyl (C=O) groups is 1. The zero-order chi connectivity index (χ0) is 17.1. The highest BCUT2D eigenvalue weighted by molar-refractivity contribution is 7.21. The van der Waals surface area contributed by atoms with Crippen molar-refractivity contribution in [2.24, 2.45) is 5.92 Å². The number of hydrogen-bond acceptors (Lipinski definition) is 5. The number of fused-ring (bicyclic) bond motifs is 1. The van der Waals surface area contributed by atoms with Crippen molar-refractivity contribution in [1.29, 1.82) is 0 Å². The van der Waals surface area contributed by atoms with Gasteiger partial charge in [0.1, 0.15) is 0 Å². The molecule has 24 heavy (non-hydrogen) atoms. The number of nitrogens with zero attached hydrogens (tertiary/aromatic N) is 1. The van der Waals surface area contributed by atoms with Crippen LogP contribution in [0.1, 0.15) is 30.8 Å². The van der Waals surface area contributed by atoms with Crippen LogP contribution in [-0.4, -0.2) is 28.6 Å². The predicted molar refractivity (Wildman–Crippen MR) is 95.1 cm³/mol. The normalized spacial score (nSPS) is 12.7. The quantitative estimate of drug-likeness (QED) is 0.715. The van der Waals surface area contributed by atoms with E-state index < -0.39 is 6.10 Å². The fraction of sp³-hybridized carbons (Fsp3) is 0.333. The van der Waals surface area contributed by atoms with E-state index in [1.807, 2.05) is 38.1 Å². The van der Waals surface area contributed by atoms with E-state index in [4.69, 9.17) is 4.42 Å². The van der Waals surface area contributed by atoms with Gasteiger partial charge in [0.25, 0.3) is 5.91 Å². The molecule has 0 bridgehead atoms. The topological polar surface area (TPSA) is 75.4 Å². The van der Waals surface area contributed by atoms with Crippen LogP contribution in [0.2, 0.25) is 0 Å². The maximum absolute atomic E-state index is 12.1. The summed E-state index contributed by atoms with van der Waals surface area (Å²) < 4.78 is 6.72. The second-order valence-corrected chi connectivity index (χ2v) is 7.04. The summed E-state index contributed by atoms with van der Waals surface area (Å²) in [5.41, 5.74) is 0.919. The van der Waals surface area contributed by atoms with Crippen LogP contribution in [0.15, 0.2) is 40.8 Å². The zero-order valence-electron chi connectivity index (χ0n) is 13.7. The molecular formula is C18H20N2O3S. The van der Waals surface area contributed by atoms with E-state index in [1.165, 1.54) is 11.3 Å². The molecule has 1 unspecified atom stereocenters. The number of para-hydroxylation sites is 1. The van der Waals surface area contributed by atoms with Gasteiger partial charge >= 0.3 is 0 Å². The molecule has 0 saturated carbocycles. The number of amides is 1. The van der Waals surface area contributed by atoms with Crippen LogP contribution in [0.25, 0.3) is 21.0 Å². The SMILES string of the molecule is CC(C)C(O)CCNC(=O)c1ccc(-c2nc3ccccc3s2)o1. The van der Waals surface area contributed by atoms with Crippen molar-refractivity contribution in [3.63, 3.8) is 0 Å². The van der Waals surface area contributed by atoms with Gasteiger partial charge in [0.05, 0.1) is 16.3 Å². The molecule has 0 radical (unpaired) electrons. The Morgan fingerprint density at radius 1 is 1.29 bits per heavy atom. The number of carbonyl (C=O) groups excluding carboxylic acids is 1. The highest BCUT2D eigenvalue weighted by Gasteiger charge is 2.15. The summed E-state index contributed by atoms with van der Waals surface area (Å²) in [7, 11) is 0. The number of aromatic nitrogens is 1. The molecule has 0 spiro atoms. The molecule has 0 aliphatic heterocycles. The average Bonchev–Trinajstić information content (AvgIpc) is 3.21. The summed E-state index contributed by atoms with van der Waals surface area (Å²) >= 11 is 1.53. The van der Waals surface area contributed by atoms with E-state index in [0.29, 0.717) is 18.7 Å². The van der Waals surface area contributed by atoms with Crippen LogP contribution in [0.3, 0.4) is 0 Å². The summed E-state index contributed by atoms with van der Waals surface area (Å²) in [6, 6.07) is 11.3. The van der Waals surface area contributed by atoms with Gasteiger partial charge in [-0.3, -0.25) is 4.79 Å². The predicted octanol–water partition coefficient (Wildman–Crippen LogP) is 3.69. The molecule has 0 aliphatic rings. The van der Waals surface area contributed by atoms with Crippen LogP contribution < -0.4 is 5.32 Å². The monoisotopic (exact) mass is 344 g/mol. The number of rotatable bonds is 6. The molecule has 0 saturated heterocycles. The van der Waals surface area contributed by atoms with E-state index in [0.717, 1.165) is 15.2 Å². The third kappa shape index (κ3) is 3.66. The molecule has 0 aliphatic carbocycles. The van der Waals surface area contributed by atoms with Crippen LogP contribution in [0.5, 0.6) is 0 Å². The first-order valence-corrected chi connectivity index (χ1v) is 8.78. The van der Waals surface area contributed by atoms with Gasteiger partial charge in [0.15, 0.2) is 16.5 Å². The zero-order valence-corrected chi connectivity index (χ0v) is 14.5. The minimum absolute atomic E-state index is 0.177. The lowest BCUT2D eigenvalue weighted by molar-refractivity contribution is 0.0895. The summed E-state index contributed by atoms with van der Waals surface area (Å²) in [5.74, 6) is 0.737. The first kappa shape index (κ1) is 16.7. The van der Waals surface area contributed by atoms with Gasteiger partial charge < -0.3 is 14.8 Å². The molecule has 2 heterocycles. The molecule has 2 N–H and O–H groups in total. The molecule has 5 nitrogen and oxygen atoms in total. The van der Waals surface area contributed by atoms with Crippen molar-refractivity contribution in [3.05, 3.63) is 42.2 Å². The molecule has 1 atom stereocenters. The second-order valence-electron chi connectivity index (χ2n) is 6.01. The lowest BCUT2D eigenvalue weighted by atomic mass is 10.0. The Morgan fingerprint density at radius 3 is 2.83 bits per heavy atom. The van der Waals surface area contributed by atoms with Gasteiger partial charge in [-0.1, -0.05) is 26.0 Å². The third-order valence-corrected chi connectivity index (χ3v) is 4.88. The van der Waals surface area contributed by atoms with E-state index >= 15 is 0 Å². The lowest BCUT2D eigenvalue weighted by Gasteiger charge is -2.13. The Bertz CT molecular complexity index is 805. The van der Waals surface area contributed by atoms with Crippen molar-refractivity contribution in [2.45, 2.75) is 26.4 Å². The van der Waals surface area contributed by atoms with Gasteiger partial charge in [-0.15, -0.1) is 11.3 Å². The van der Waals surface area contributed by atoms with Crippen molar-refractivity contribution in [1.82, 2.24) is 10.3 Å². The molecule has 1 aromatic carbocycles. The second kappa shape index (κ2) is 7.15. The van der Waals surface area contributed by atoms with Gasteiger partial charge in [-0.2, -0.15) is 0 Å². The Morgan fingerprint density at radius 2 is 2.08 bits per heavy atom. The number of nitrogens with one attached hydrogen (secondary N) is 1. The number of aliphatic hydroxyl groups is 1. The van der Waals surface area contributed by atoms with Gasteiger partial charge in [-0.05, 0) is 36.6 Å². The Hall–Kier alpha value is -2.18. The van der Waals surface area contributed by atoms with E-state index in [9.17, 15) is 9.90 Å². The highest BCUT2D eigenvalue weighted by atomic mass is 32.1. The fourth-order valence-electron chi connectivity index (χ4n) is 2.31. The standard InChI is InChI=1S/C18H20N2O3S/c1-11(2)13(21)9-10-19-17(22)14-7-8-15(23-14)18-20-12-5-3-4-6-16(12)24-18/h3-8,11,13,21H,9-10H2,1-2H3,(H,19,22). The molecule has 126 valence electrons. The van der Waals surface area contributed by atoms with Gasteiger partial charge in [-0.25, -0.2) is 4.98 Å². The summed E-state index contributed by atoms with van der Waals surface area (Å²) in [4.78, 5) is 16.6. The maximum Gasteiger partial charge on any atom is 0.287 e. The largest absolute Gasteiger partial charge is 0.448 e. The van der Waals surface area contributed by atoms with Crippen LogP contribution in [0, 0.1) is 5.92 Å². The van der Waals surface area contributed by atoms with Crippen LogP contribution >= 0.6 is 11.3 Å². The number of furan rings is 1. The molecule has 6 heteroatoms. The maximum atomic E-state index is 12.1. The lowest BCUT2D eigenvalue weighted by Crippen LogP contribution is -2.28. The van der Waals surface area contributed by atoms with E-state index in [1.54, 1.807) is 12.1 Å². The Balaban J connectivity index is 1.65. The molecule has 3 rings (SSSR count). The molecule has 0 fully saturated rings. The van der Waals surface area contributed by atoms with Gasteiger partial charge in [0, 0.05) is 6.54 Å². The highest BCUT2D eigenvalue weighted by Crippen LogP contribution is 2.31. The van der Waals surface area contributed by atoms with Gasteiger partial charge in [0.2, 0.25) is 0 Å². The molecule has 1 amide bonds. The number of aliphatic hydroxyl groups excluding tert-OH is 1. The number of thiazole rings is 1. The van der Waals surface area contributed by atoms with Crippen LogP contribution in [0.4, 0.5) is 0 Å². The third-order valence-electron chi connectivity index (χ3n) is 3.83. The number of benzene rings is 1. The van der Waals surface area contributed by atoms with Crippen molar-refractivity contribution in [2.75, 3.05) is 6.54 Å². The minimum atomic E-state index is -0.416. The first-order chi connectivity index (χ1) is 11.5. The van der Waals surface area contributed by atoms with Crippen molar-refractivity contribution in [3.8, 4) is 10.8 Å². The Labute approximate surface area is 144 Å². The summed E-state index contributed by atoms with van der Waals surface area (Å²) in [5, 5.41) is 13.3.